The number of hydrogen-bond acceptors (Lipinski definition) is 3. The first-order chi connectivity index (χ1) is 8.11. The molecule has 2 unspecified atom stereocenters. The number of amides is 1. The number of carbonyl (C=O) groups excluding carboxylic acids is 1. The third-order valence-electron chi connectivity index (χ3n) is 4.22. The SMILES string of the molecule is CCC1CN(C(=O)[C@H]2CCN[C@@H](C)C2)CC1O.Cl. The molecule has 4 atom stereocenters. The number of likely N-dealkylation sites (tertiary alicyclic amines) is 1. The molecule has 106 valence electrons. The molecule has 0 aromatic carbocycles. The number of rotatable bonds is 2. The Morgan fingerprint density at radius 2 is 2.17 bits per heavy atom. The van der Waals surface area contributed by atoms with Crippen LogP contribution in [-0.4, -0.2) is 47.7 Å². The molecule has 0 bridgehead atoms. The molecular formula is C13H25ClN2O2. The minimum Gasteiger partial charge on any atom is -0.391 e. The molecule has 5 heteroatoms. The fourth-order valence-corrected chi connectivity index (χ4v) is 3.05. The molecule has 1 amide bonds. The lowest BCUT2D eigenvalue weighted by atomic mass is 9.92. The molecular weight excluding hydrogens is 252 g/mol. The van der Waals surface area contributed by atoms with E-state index in [1.165, 1.54) is 0 Å². The Labute approximate surface area is 116 Å². The van der Waals surface area contributed by atoms with Gasteiger partial charge in [-0.05, 0) is 32.7 Å². The highest BCUT2D eigenvalue weighted by Gasteiger charge is 2.36. The predicted molar refractivity (Wildman–Crippen MR) is 73.8 cm³/mol. The van der Waals surface area contributed by atoms with Crippen LogP contribution in [0.5, 0.6) is 0 Å². The fraction of sp³-hybridized carbons (Fsp3) is 0.923. The van der Waals surface area contributed by atoms with Crippen molar-refractivity contribution in [2.75, 3.05) is 19.6 Å². The summed E-state index contributed by atoms with van der Waals surface area (Å²) in [5.41, 5.74) is 0. The van der Waals surface area contributed by atoms with Crippen LogP contribution in [0.4, 0.5) is 0 Å². The maximum absolute atomic E-state index is 12.3. The number of nitrogens with one attached hydrogen (secondary N) is 1. The van der Waals surface area contributed by atoms with Gasteiger partial charge in [-0.15, -0.1) is 12.4 Å². The summed E-state index contributed by atoms with van der Waals surface area (Å²) in [4.78, 5) is 14.2. The molecule has 18 heavy (non-hydrogen) atoms. The Hall–Kier alpha value is -0.320. The van der Waals surface area contributed by atoms with E-state index >= 15 is 0 Å². The zero-order chi connectivity index (χ0) is 12.4. The molecule has 2 aliphatic heterocycles. The second-order valence-corrected chi connectivity index (χ2v) is 5.56. The molecule has 0 aliphatic carbocycles. The summed E-state index contributed by atoms with van der Waals surface area (Å²) in [6.45, 7) is 6.43. The average Bonchev–Trinajstić information content (AvgIpc) is 2.69. The summed E-state index contributed by atoms with van der Waals surface area (Å²) >= 11 is 0. The van der Waals surface area contributed by atoms with E-state index in [2.05, 4.69) is 19.2 Å². The second-order valence-electron chi connectivity index (χ2n) is 5.56. The van der Waals surface area contributed by atoms with Gasteiger partial charge in [0.25, 0.3) is 0 Å². The quantitative estimate of drug-likeness (QED) is 0.792. The van der Waals surface area contributed by atoms with Crippen molar-refractivity contribution in [3.05, 3.63) is 0 Å². The Morgan fingerprint density at radius 1 is 1.44 bits per heavy atom. The smallest absolute Gasteiger partial charge is 0.225 e. The number of nitrogens with zero attached hydrogens (tertiary/aromatic N) is 1. The highest BCUT2D eigenvalue weighted by atomic mass is 35.5. The normalized spacial score (nSPS) is 36.3. The van der Waals surface area contributed by atoms with Crippen molar-refractivity contribution >= 4 is 18.3 Å². The van der Waals surface area contributed by atoms with Crippen molar-refractivity contribution in [3.8, 4) is 0 Å². The number of aliphatic hydroxyl groups excluding tert-OH is 1. The minimum atomic E-state index is -0.317. The van der Waals surface area contributed by atoms with Crippen molar-refractivity contribution in [2.24, 2.45) is 11.8 Å². The molecule has 2 aliphatic rings. The van der Waals surface area contributed by atoms with Crippen LogP contribution in [0.15, 0.2) is 0 Å². The lowest BCUT2D eigenvalue weighted by Crippen LogP contribution is -2.43. The summed E-state index contributed by atoms with van der Waals surface area (Å²) in [6, 6.07) is 0.437. The van der Waals surface area contributed by atoms with Crippen LogP contribution in [0.3, 0.4) is 0 Å². The lowest BCUT2D eigenvalue weighted by Gasteiger charge is -2.30. The summed E-state index contributed by atoms with van der Waals surface area (Å²) in [7, 11) is 0. The number of carbonyl (C=O) groups is 1. The van der Waals surface area contributed by atoms with E-state index in [1.54, 1.807) is 0 Å². The van der Waals surface area contributed by atoms with E-state index in [0.29, 0.717) is 12.6 Å². The van der Waals surface area contributed by atoms with Crippen LogP contribution in [0.25, 0.3) is 0 Å². The van der Waals surface area contributed by atoms with Crippen molar-refractivity contribution in [1.29, 1.82) is 0 Å². The van der Waals surface area contributed by atoms with Crippen molar-refractivity contribution in [3.63, 3.8) is 0 Å². The summed E-state index contributed by atoms with van der Waals surface area (Å²) in [5, 5.41) is 13.2. The Kier molecular flexibility index (Phi) is 5.89. The predicted octanol–water partition coefficient (Wildman–Crippen LogP) is 1.03. The van der Waals surface area contributed by atoms with Crippen LogP contribution in [-0.2, 0) is 4.79 Å². The zero-order valence-corrected chi connectivity index (χ0v) is 12.1. The molecule has 0 aromatic rings. The first-order valence-corrected chi connectivity index (χ1v) is 6.82. The van der Waals surface area contributed by atoms with Crippen LogP contribution < -0.4 is 5.32 Å². The van der Waals surface area contributed by atoms with Gasteiger partial charge in [-0.3, -0.25) is 4.79 Å². The van der Waals surface area contributed by atoms with Gasteiger partial charge >= 0.3 is 0 Å². The first-order valence-electron chi connectivity index (χ1n) is 6.82. The molecule has 4 nitrogen and oxygen atoms in total. The molecule has 0 saturated carbocycles. The average molecular weight is 277 g/mol. The zero-order valence-electron chi connectivity index (χ0n) is 11.3. The van der Waals surface area contributed by atoms with E-state index in [4.69, 9.17) is 0 Å². The van der Waals surface area contributed by atoms with Gasteiger partial charge in [0.05, 0.1) is 6.10 Å². The number of hydrogen-bond donors (Lipinski definition) is 2. The van der Waals surface area contributed by atoms with E-state index < -0.39 is 0 Å². The maximum Gasteiger partial charge on any atom is 0.225 e. The van der Waals surface area contributed by atoms with Gasteiger partial charge in [0, 0.05) is 31.0 Å². The Morgan fingerprint density at radius 3 is 2.72 bits per heavy atom. The Balaban J connectivity index is 0.00000162. The van der Waals surface area contributed by atoms with Gasteiger partial charge in [0.1, 0.15) is 0 Å². The second kappa shape index (κ2) is 6.73. The van der Waals surface area contributed by atoms with Gasteiger partial charge in [-0.2, -0.15) is 0 Å². The largest absolute Gasteiger partial charge is 0.391 e. The third kappa shape index (κ3) is 3.37. The monoisotopic (exact) mass is 276 g/mol. The Bertz CT molecular complexity index is 288. The first kappa shape index (κ1) is 15.7. The summed E-state index contributed by atoms with van der Waals surface area (Å²) in [6.07, 6.45) is 2.51. The number of β-amino-alcohol motifs (C(OH)–C–C–N with tert-alkyl or cyclic N) is 1. The van der Waals surface area contributed by atoms with E-state index in [1.807, 2.05) is 4.90 Å². The van der Waals surface area contributed by atoms with Gasteiger partial charge in [-0.25, -0.2) is 0 Å². The molecule has 0 spiro atoms. The van der Waals surface area contributed by atoms with Gasteiger partial charge in [-0.1, -0.05) is 6.92 Å². The minimum absolute atomic E-state index is 0. The van der Waals surface area contributed by atoms with Gasteiger partial charge in [0.2, 0.25) is 5.91 Å². The number of aliphatic hydroxyl groups is 1. The van der Waals surface area contributed by atoms with Crippen LogP contribution in [0.2, 0.25) is 0 Å². The molecule has 0 radical (unpaired) electrons. The van der Waals surface area contributed by atoms with Crippen molar-refractivity contribution < 1.29 is 9.90 Å². The van der Waals surface area contributed by atoms with Crippen molar-refractivity contribution in [2.45, 2.75) is 45.3 Å². The standard InChI is InChI=1S/C13H24N2O2.ClH/c1-3-10-7-15(8-12(10)16)13(17)11-4-5-14-9(2)6-11;/h9-12,14,16H,3-8H2,1-2H3;1H/t9-,10?,11-,12?;/m0./s1. The highest BCUT2D eigenvalue weighted by molar-refractivity contribution is 5.85. The van der Waals surface area contributed by atoms with E-state index in [0.717, 1.165) is 32.4 Å². The van der Waals surface area contributed by atoms with E-state index in [9.17, 15) is 9.90 Å². The van der Waals surface area contributed by atoms with Crippen molar-refractivity contribution in [1.82, 2.24) is 10.2 Å². The molecule has 2 rings (SSSR count). The van der Waals surface area contributed by atoms with E-state index in [-0.39, 0.29) is 36.3 Å². The molecule has 2 fully saturated rings. The highest BCUT2D eigenvalue weighted by Crippen LogP contribution is 2.25. The fourth-order valence-electron chi connectivity index (χ4n) is 3.05. The molecule has 2 saturated heterocycles. The number of halogens is 1. The number of piperidine rings is 1. The van der Waals surface area contributed by atoms with Crippen LogP contribution in [0.1, 0.15) is 33.1 Å². The van der Waals surface area contributed by atoms with Gasteiger partial charge < -0.3 is 15.3 Å². The third-order valence-corrected chi connectivity index (χ3v) is 4.22. The van der Waals surface area contributed by atoms with Gasteiger partial charge in [0.15, 0.2) is 0 Å². The van der Waals surface area contributed by atoms with Crippen LogP contribution in [0, 0.1) is 11.8 Å². The topological polar surface area (TPSA) is 52.6 Å². The summed E-state index contributed by atoms with van der Waals surface area (Å²) < 4.78 is 0. The molecule has 2 N–H and O–H groups in total. The lowest BCUT2D eigenvalue weighted by molar-refractivity contribution is -0.136. The van der Waals surface area contributed by atoms with Crippen LogP contribution >= 0.6 is 12.4 Å². The molecule has 2 heterocycles. The molecule has 0 aromatic heterocycles. The summed E-state index contributed by atoms with van der Waals surface area (Å²) in [5.74, 6) is 0.695. The maximum atomic E-state index is 12.3.